The molecule has 1 heterocycles. The minimum Gasteiger partial charge on any atom is -0.388 e. The number of carbonyl (C=O) groups excluding carboxylic acids is 1. The van der Waals surface area contributed by atoms with Gasteiger partial charge in [0.1, 0.15) is 11.6 Å². The average Bonchev–Trinajstić information content (AvgIpc) is 3.07. The largest absolute Gasteiger partial charge is 0.388 e. The van der Waals surface area contributed by atoms with Crippen molar-refractivity contribution >= 4 is 16.8 Å². The van der Waals surface area contributed by atoms with Crippen molar-refractivity contribution in [1.29, 1.82) is 0 Å². The van der Waals surface area contributed by atoms with E-state index in [9.17, 15) is 18.7 Å². The fourth-order valence-corrected chi connectivity index (χ4v) is 3.60. The summed E-state index contributed by atoms with van der Waals surface area (Å²) in [5.41, 5.74) is 2.15. The molecule has 2 aromatic carbocycles. The summed E-state index contributed by atoms with van der Waals surface area (Å²) in [7, 11) is 0. The summed E-state index contributed by atoms with van der Waals surface area (Å²) >= 11 is 0. The summed E-state index contributed by atoms with van der Waals surface area (Å²) < 4.78 is 27.2. The van der Waals surface area contributed by atoms with Crippen LogP contribution in [-0.2, 0) is 11.2 Å². The molecule has 4 nitrogen and oxygen atoms in total. The van der Waals surface area contributed by atoms with Gasteiger partial charge in [-0.15, -0.1) is 0 Å². The number of hydrogen-bond donors (Lipinski definition) is 3. The van der Waals surface area contributed by atoms with Gasteiger partial charge in [-0.2, -0.15) is 0 Å². The average molecular weight is 414 g/mol. The molecule has 1 unspecified atom stereocenters. The summed E-state index contributed by atoms with van der Waals surface area (Å²) in [4.78, 5) is 15.7. The fourth-order valence-electron chi connectivity index (χ4n) is 3.60. The van der Waals surface area contributed by atoms with Crippen LogP contribution < -0.4 is 5.32 Å². The van der Waals surface area contributed by atoms with E-state index in [1.165, 1.54) is 24.3 Å². The van der Waals surface area contributed by atoms with Gasteiger partial charge >= 0.3 is 0 Å². The lowest BCUT2D eigenvalue weighted by Crippen LogP contribution is -2.40. The van der Waals surface area contributed by atoms with Gasteiger partial charge in [0.2, 0.25) is 5.91 Å². The molecule has 0 radical (unpaired) electrons. The van der Waals surface area contributed by atoms with E-state index in [-0.39, 0.29) is 30.5 Å². The number of amides is 1. The number of halogens is 2. The van der Waals surface area contributed by atoms with E-state index in [1.54, 1.807) is 25.1 Å². The Morgan fingerprint density at radius 2 is 1.83 bits per heavy atom. The van der Waals surface area contributed by atoms with Gasteiger partial charge in [-0.1, -0.05) is 19.8 Å². The Bertz CT molecular complexity index is 1010. The van der Waals surface area contributed by atoms with Crippen LogP contribution in [0.5, 0.6) is 0 Å². The number of unbranched alkanes of at least 4 members (excludes halogenated alkanes) is 1. The number of H-pyrrole nitrogens is 1. The molecular weight excluding hydrogens is 386 g/mol. The minimum absolute atomic E-state index is 0.178. The van der Waals surface area contributed by atoms with Crippen molar-refractivity contribution < 1.29 is 18.7 Å². The van der Waals surface area contributed by atoms with Crippen molar-refractivity contribution in [3.8, 4) is 11.3 Å². The SMILES string of the molecule is CCCCC(C)(O)CNC(=O)CCc1c(-c2ccc(F)cc2)[nH]c2ccc(F)cc12. The molecule has 1 aromatic heterocycles. The molecule has 0 saturated carbocycles. The summed E-state index contributed by atoms with van der Waals surface area (Å²) in [5.74, 6) is -0.871. The first-order valence-electron chi connectivity index (χ1n) is 10.3. The summed E-state index contributed by atoms with van der Waals surface area (Å²) in [6.07, 6.45) is 3.08. The Morgan fingerprint density at radius 3 is 2.53 bits per heavy atom. The summed E-state index contributed by atoms with van der Waals surface area (Å²) in [5, 5.41) is 13.8. The molecule has 1 amide bonds. The molecule has 30 heavy (non-hydrogen) atoms. The van der Waals surface area contributed by atoms with Gasteiger partial charge in [0.05, 0.1) is 5.60 Å². The molecule has 0 saturated heterocycles. The zero-order valence-corrected chi connectivity index (χ0v) is 17.4. The van der Waals surface area contributed by atoms with E-state index in [2.05, 4.69) is 17.2 Å². The molecule has 3 rings (SSSR count). The summed E-state index contributed by atoms with van der Waals surface area (Å²) in [6.45, 7) is 3.97. The van der Waals surface area contributed by atoms with Crippen molar-refractivity contribution in [1.82, 2.24) is 10.3 Å². The number of aliphatic hydroxyl groups is 1. The Labute approximate surface area is 175 Å². The van der Waals surface area contributed by atoms with Crippen molar-refractivity contribution in [3.63, 3.8) is 0 Å². The van der Waals surface area contributed by atoms with Gasteiger partial charge in [-0.05, 0) is 73.4 Å². The Morgan fingerprint density at radius 1 is 1.13 bits per heavy atom. The highest BCUT2D eigenvalue weighted by Gasteiger charge is 2.21. The topological polar surface area (TPSA) is 65.1 Å². The fraction of sp³-hybridized carbons (Fsp3) is 0.375. The maximum Gasteiger partial charge on any atom is 0.220 e. The third-order valence-corrected chi connectivity index (χ3v) is 5.34. The van der Waals surface area contributed by atoms with Crippen molar-refractivity contribution in [2.24, 2.45) is 0 Å². The number of carbonyl (C=O) groups is 1. The Kier molecular flexibility index (Phi) is 6.87. The Balaban J connectivity index is 1.77. The monoisotopic (exact) mass is 414 g/mol. The molecule has 0 aliphatic heterocycles. The number of aromatic nitrogens is 1. The highest BCUT2D eigenvalue weighted by molar-refractivity contribution is 5.91. The number of aromatic amines is 1. The van der Waals surface area contributed by atoms with Crippen LogP contribution in [0.25, 0.3) is 22.2 Å². The second-order valence-electron chi connectivity index (χ2n) is 8.05. The van der Waals surface area contributed by atoms with Gasteiger partial charge in [-0.25, -0.2) is 8.78 Å². The molecule has 0 spiro atoms. The van der Waals surface area contributed by atoms with Crippen molar-refractivity contribution in [2.75, 3.05) is 6.54 Å². The number of fused-ring (bicyclic) bond motifs is 1. The normalized spacial score (nSPS) is 13.4. The van der Waals surface area contributed by atoms with Crippen LogP contribution in [0.2, 0.25) is 0 Å². The maximum atomic E-state index is 13.9. The molecular formula is C24H28F2N2O2. The second-order valence-corrected chi connectivity index (χ2v) is 8.05. The first-order chi connectivity index (χ1) is 14.3. The van der Waals surface area contributed by atoms with E-state index in [4.69, 9.17) is 0 Å². The van der Waals surface area contributed by atoms with Crippen molar-refractivity contribution in [3.05, 3.63) is 59.7 Å². The van der Waals surface area contributed by atoms with Crippen LogP contribution in [0, 0.1) is 11.6 Å². The summed E-state index contributed by atoms with van der Waals surface area (Å²) in [6, 6.07) is 10.5. The third-order valence-electron chi connectivity index (χ3n) is 5.34. The van der Waals surface area contributed by atoms with Gasteiger partial charge in [0.25, 0.3) is 0 Å². The molecule has 6 heteroatoms. The molecule has 0 bridgehead atoms. The minimum atomic E-state index is -0.936. The van der Waals surface area contributed by atoms with E-state index >= 15 is 0 Å². The van der Waals surface area contributed by atoms with Gasteiger partial charge in [-0.3, -0.25) is 4.79 Å². The second kappa shape index (κ2) is 9.39. The lowest BCUT2D eigenvalue weighted by atomic mass is 9.98. The van der Waals surface area contributed by atoms with Crippen LogP contribution in [0.4, 0.5) is 8.78 Å². The lowest BCUT2D eigenvalue weighted by molar-refractivity contribution is -0.122. The molecule has 0 aliphatic rings. The lowest BCUT2D eigenvalue weighted by Gasteiger charge is -2.23. The molecule has 3 aromatic rings. The van der Waals surface area contributed by atoms with Crippen molar-refractivity contribution in [2.45, 2.75) is 51.6 Å². The predicted molar refractivity (Wildman–Crippen MR) is 115 cm³/mol. The number of hydrogen-bond acceptors (Lipinski definition) is 2. The molecule has 1 atom stereocenters. The molecule has 3 N–H and O–H groups in total. The van der Waals surface area contributed by atoms with E-state index in [0.717, 1.165) is 35.2 Å². The van der Waals surface area contributed by atoms with Crippen LogP contribution >= 0.6 is 0 Å². The standard InChI is InChI=1S/C24H28F2N2O2/c1-3-4-13-24(2,30)15-27-22(29)12-10-19-20-14-18(26)9-11-21(20)28-23(19)16-5-7-17(25)8-6-16/h5-9,11,14,28,30H,3-4,10,12-13,15H2,1-2H3,(H,27,29). The van der Waals surface area contributed by atoms with Crippen LogP contribution in [0.3, 0.4) is 0 Å². The number of nitrogens with one attached hydrogen (secondary N) is 2. The third kappa shape index (κ3) is 5.45. The molecule has 0 aliphatic carbocycles. The van der Waals surface area contributed by atoms with Gasteiger partial charge in [0, 0.05) is 29.6 Å². The quantitative estimate of drug-likeness (QED) is 0.456. The van der Waals surface area contributed by atoms with Crippen LogP contribution in [-0.4, -0.2) is 28.1 Å². The van der Waals surface area contributed by atoms with Crippen LogP contribution in [0.1, 0.15) is 45.1 Å². The molecule has 0 fully saturated rings. The van der Waals surface area contributed by atoms with E-state index in [0.29, 0.717) is 18.2 Å². The van der Waals surface area contributed by atoms with E-state index in [1.807, 2.05) is 0 Å². The smallest absolute Gasteiger partial charge is 0.220 e. The van der Waals surface area contributed by atoms with Crippen LogP contribution in [0.15, 0.2) is 42.5 Å². The van der Waals surface area contributed by atoms with E-state index < -0.39 is 5.60 Å². The first kappa shape index (κ1) is 22.0. The molecule has 160 valence electrons. The Hall–Kier alpha value is -2.73. The van der Waals surface area contributed by atoms with Gasteiger partial charge < -0.3 is 15.4 Å². The predicted octanol–water partition coefficient (Wildman–Crippen LogP) is 5.10. The number of aryl methyl sites for hydroxylation is 1. The van der Waals surface area contributed by atoms with Gasteiger partial charge in [0.15, 0.2) is 0 Å². The zero-order chi connectivity index (χ0) is 21.7. The highest BCUT2D eigenvalue weighted by Crippen LogP contribution is 2.32. The highest BCUT2D eigenvalue weighted by atomic mass is 19.1. The zero-order valence-electron chi connectivity index (χ0n) is 17.4. The number of benzene rings is 2. The number of rotatable bonds is 9. The first-order valence-corrected chi connectivity index (χ1v) is 10.3. The maximum absolute atomic E-state index is 13.9.